The third kappa shape index (κ3) is 1.07. The normalized spacial score (nSPS) is 15.9. The topological polar surface area (TPSA) is 42.7 Å². The second-order valence-corrected chi connectivity index (χ2v) is 4.16. The van der Waals surface area contributed by atoms with Crippen molar-refractivity contribution in [3.05, 3.63) is 5.82 Å². The van der Waals surface area contributed by atoms with Gasteiger partial charge in [-0.05, 0) is 0 Å². The molecule has 0 fully saturated rings. The highest BCUT2D eigenvalue weighted by Crippen LogP contribution is 2.21. The smallest absolute Gasteiger partial charge is 0.221 e. The second-order valence-electron chi connectivity index (χ2n) is 4.16. The van der Waals surface area contributed by atoms with Crippen molar-refractivity contribution in [3.8, 4) is 0 Å². The first kappa shape index (κ1) is 7.58. The SMILES string of the molecule is CC(C)(C)c1nc2n(n1)CCN2. The summed E-state index contributed by atoms with van der Waals surface area (Å²) >= 11 is 0. The fourth-order valence-electron chi connectivity index (χ4n) is 1.22. The van der Waals surface area contributed by atoms with Crippen molar-refractivity contribution < 1.29 is 0 Å². The van der Waals surface area contributed by atoms with E-state index in [4.69, 9.17) is 0 Å². The number of rotatable bonds is 0. The molecule has 2 rings (SSSR count). The highest BCUT2D eigenvalue weighted by molar-refractivity contribution is 5.29. The molecule has 4 heteroatoms. The summed E-state index contributed by atoms with van der Waals surface area (Å²) in [6, 6.07) is 0. The summed E-state index contributed by atoms with van der Waals surface area (Å²) in [5.41, 5.74) is 0.0546. The lowest BCUT2D eigenvalue weighted by Crippen LogP contribution is -2.15. The molecule has 1 aromatic heterocycles. The van der Waals surface area contributed by atoms with Crippen LogP contribution in [0, 0.1) is 0 Å². The van der Waals surface area contributed by atoms with Crippen LogP contribution in [0.5, 0.6) is 0 Å². The van der Waals surface area contributed by atoms with Crippen LogP contribution in [0.15, 0.2) is 0 Å². The molecule has 0 amide bonds. The van der Waals surface area contributed by atoms with E-state index in [2.05, 4.69) is 36.2 Å². The van der Waals surface area contributed by atoms with Crippen molar-refractivity contribution in [1.29, 1.82) is 0 Å². The van der Waals surface area contributed by atoms with Crippen molar-refractivity contribution in [1.82, 2.24) is 14.8 Å². The maximum absolute atomic E-state index is 4.41. The minimum absolute atomic E-state index is 0.0546. The first-order chi connectivity index (χ1) is 5.57. The Balaban J connectivity index is 2.38. The number of hydrogen-bond acceptors (Lipinski definition) is 3. The minimum Gasteiger partial charge on any atom is -0.353 e. The second kappa shape index (κ2) is 2.21. The monoisotopic (exact) mass is 166 g/mol. The van der Waals surface area contributed by atoms with Crippen LogP contribution in [0.1, 0.15) is 26.6 Å². The Morgan fingerprint density at radius 2 is 2.17 bits per heavy atom. The van der Waals surface area contributed by atoms with Gasteiger partial charge in [0.2, 0.25) is 5.95 Å². The van der Waals surface area contributed by atoms with Gasteiger partial charge in [-0.1, -0.05) is 20.8 Å². The molecular formula is C8H14N4. The van der Waals surface area contributed by atoms with Crippen molar-refractivity contribution in [2.45, 2.75) is 32.7 Å². The molecule has 12 heavy (non-hydrogen) atoms. The number of nitrogens with one attached hydrogen (secondary N) is 1. The summed E-state index contributed by atoms with van der Waals surface area (Å²) in [5, 5.41) is 7.59. The van der Waals surface area contributed by atoms with E-state index in [0.717, 1.165) is 24.9 Å². The summed E-state index contributed by atoms with van der Waals surface area (Å²) in [4.78, 5) is 4.40. The van der Waals surface area contributed by atoms with Gasteiger partial charge in [0.1, 0.15) is 0 Å². The van der Waals surface area contributed by atoms with Crippen molar-refractivity contribution in [2.24, 2.45) is 0 Å². The fraction of sp³-hybridized carbons (Fsp3) is 0.750. The molecule has 66 valence electrons. The van der Waals surface area contributed by atoms with E-state index < -0.39 is 0 Å². The van der Waals surface area contributed by atoms with Gasteiger partial charge in [0, 0.05) is 12.0 Å². The van der Waals surface area contributed by atoms with Gasteiger partial charge in [-0.2, -0.15) is 10.1 Å². The van der Waals surface area contributed by atoms with E-state index in [1.54, 1.807) is 0 Å². The molecule has 2 heterocycles. The summed E-state index contributed by atoms with van der Waals surface area (Å²) in [5.74, 6) is 1.84. The number of fused-ring (bicyclic) bond motifs is 1. The predicted molar refractivity (Wildman–Crippen MR) is 47.2 cm³/mol. The van der Waals surface area contributed by atoms with Crippen LogP contribution in [0.2, 0.25) is 0 Å². The van der Waals surface area contributed by atoms with Crippen molar-refractivity contribution >= 4 is 5.95 Å². The number of nitrogens with zero attached hydrogens (tertiary/aromatic N) is 3. The van der Waals surface area contributed by atoms with Crippen LogP contribution in [0.4, 0.5) is 5.95 Å². The summed E-state index contributed by atoms with van der Waals surface area (Å²) in [6.45, 7) is 8.27. The van der Waals surface area contributed by atoms with Crippen LogP contribution >= 0.6 is 0 Å². The summed E-state index contributed by atoms with van der Waals surface area (Å²) in [7, 11) is 0. The summed E-state index contributed by atoms with van der Waals surface area (Å²) in [6.07, 6.45) is 0. The van der Waals surface area contributed by atoms with Crippen LogP contribution in [-0.4, -0.2) is 21.3 Å². The Kier molecular flexibility index (Phi) is 1.40. The average Bonchev–Trinajstić information content (AvgIpc) is 2.37. The van der Waals surface area contributed by atoms with Gasteiger partial charge < -0.3 is 5.32 Å². The molecule has 0 aromatic carbocycles. The van der Waals surface area contributed by atoms with Crippen LogP contribution < -0.4 is 5.32 Å². The number of hydrogen-bond donors (Lipinski definition) is 1. The van der Waals surface area contributed by atoms with Gasteiger partial charge in [-0.3, -0.25) is 0 Å². The molecule has 0 saturated carbocycles. The van der Waals surface area contributed by atoms with Crippen molar-refractivity contribution in [3.63, 3.8) is 0 Å². The Hall–Kier alpha value is -1.06. The van der Waals surface area contributed by atoms with E-state index in [-0.39, 0.29) is 5.41 Å². The molecule has 0 atom stereocenters. The molecule has 1 N–H and O–H groups in total. The van der Waals surface area contributed by atoms with E-state index in [9.17, 15) is 0 Å². The molecule has 1 aromatic rings. The quantitative estimate of drug-likeness (QED) is 0.625. The first-order valence-corrected chi connectivity index (χ1v) is 4.26. The van der Waals surface area contributed by atoms with Gasteiger partial charge in [0.25, 0.3) is 0 Å². The molecule has 1 aliphatic rings. The Bertz CT molecular complexity index is 273. The Morgan fingerprint density at radius 1 is 1.42 bits per heavy atom. The predicted octanol–water partition coefficient (Wildman–Crippen LogP) is 1.00. The van der Waals surface area contributed by atoms with Crippen LogP contribution in [0.3, 0.4) is 0 Å². The standard InChI is InChI=1S/C8H14N4/c1-8(2,3)6-10-7-9-4-5-12(7)11-6/h4-5H2,1-3H3,(H,9,10,11). The molecule has 1 aliphatic heterocycles. The molecule has 0 unspecified atom stereocenters. The van der Waals surface area contributed by atoms with Gasteiger partial charge in [0.15, 0.2) is 5.82 Å². The third-order valence-electron chi connectivity index (χ3n) is 1.95. The zero-order chi connectivity index (χ0) is 8.77. The highest BCUT2D eigenvalue weighted by Gasteiger charge is 2.23. The van der Waals surface area contributed by atoms with E-state index >= 15 is 0 Å². The van der Waals surface area contributed by atoms with Crippen LogP contribution in [0.25, 0.3) is 0 Å². The lowest BCUT2D eigenvalue weighted by molar-refractivity contribution is 0.531. The van der Waals surface area contributed by atoms with E-state index in [0.29, 0.717) is 0 Å². The zero-order valence-electron chi connectivity index (χ0n) is 7.76. The van der Waals surface area contributed by atoms with Gasteiger partial charge >= 0.3 is 0 Å². The maximum atomic E-state index is 4.41. The van der Waals surface area contributed by atoms with Gasteiger partial charge in [-0.25, -0.2) is 4.68 Å². The Morgan fingerprint density at radius 3 is 2.75 bits per heavy atom. The largest absolute Gasteiger partial charge is 0.353 e. The lowest BCUT2D eigenvalue weighted by atomic mass is 9.96. The molecule has 0 aliphatic carbocycles. The lowest BCUT2D eigenvalue weighted by Gasteiger charge is -2.12. The van der Waals surface area contributed by atoms with Gasteiger partial charge in [-0.15, -0.1) is 0 Å². The minimum atomic E-state index is 0.0546. The molecule has 0 radical (unpaired) electrons. The first-order valence-electron chi connectivity index (χ1n) is 4.26. The average molecular weight is 166 g/mol. The van der Waals surface area contributed by atoms with Crippen LogP contribution in [-0.2, 0) is 12.0 Å². The third-order valence-corrected chi connectivity index (χ3v) is 1.95. The fourth-order valence-corrected chi connectivity index (χ4v) is 1.22. The molecule has 4 nitrogen and oxygen atoms in total. The maximum Gasteiger partial charge on any atom is 0.221 e. The molecule has 0 bridgehead atoms. The highest BCUT2D eigenvalue weighted by atomic mass is 15.4. The summed E-state index contributed by atoms with van der Waals surface area (Å²) < 4.78 is 1.93. The van der Waals surface area contributed by atoms with E-state index in [1.807, 2.05) is 4.68 Å². The van der Waals surface area contributed by atoms with Crippen molar-refractivity contribution in [2.75, 3.05) is 11.9 Å². The van der Waals surface area contributed by atoms with Gasteiger partial charge in [0.05, 0.1) is 6.54 Å². The van der Waals surface area contributed by atoms with E-state index in [1.165, 1.54) is 0 Å². The molecular weight excluding hydrogens is 152 g/mol. The Labute approximate surface area is 72.0 Å². The number of anilines is 1. The molecule has 0 spiro atoms. The zero-order valence-corrected chi connectivity index (χ0v) is 7.76. The molecule has 0 saturated heterocycles. The number of aromatic nitrogens is 3.